The molecule has 0 fully saturated rings. The highest BCUT2D eigenvalue weighted by Gasteiger charge is 2.39. The van der Waals surface area contributed by atoms with E-state index in [1.807, 2.05) is 30.0 Å². The highest BCUT2D eigenvalue weighted by Crippen LogP contribution is 2.41. The monoisotopic (exact) mass is 581 g/mol. The first kappa shape index (κ1) is 28.8. The van der Waals surface area contributed by atoms with Crippen LogP contribution < -0.4 is 4.90 Å². The summed E-state index contributed by atoms with van der Waals surface area (Å²) in [7, 11) is 0. The number of hydrogen-bond donors (Lipinski definition) is 2. The summed E-state index contributed by atoms with van der Waals surface area (Å²) in [5, 5.41) is 26.3. The van der Waals surface area contributed by atoms with Gasteiger partial charge in [-0.15, -0.1) is 10.2 Å². The zero-order chi connectivity index (χ0) is 28.7. The molecule has 0 unspecified atom stereocenters. The zero-order valence-corrected chi connectivity index (χ0v) is 23.2. The van der Waals surface area contributed by atoms with Crippen molar-refractivity contribution >= 4 is 44.3 Å². The van der Waals surface area contributed by atoms with Gasteiger partial charge in [-0.3, -0.25) is 4.79 Å². The fourth-order valence-corrected chi connectivity index (χ4v) is 5.48. The Bertz CT molecular complexity index is 1500. The smallest absolute Gasteiger partial charge is 0.451 e. The van der Waals surface area contributed by atoms with Gasteiger partial charge in [0.25, 0.3) is 0 Å². The van der Waals surface area contributed by atoms with Crippen LogP contribution in [0.3, 0.4) is 0 Å². The van der Waals surface area contributed by atoms with E-state index >= 15 is 0 Å². The number of carboxylic acid groups (broad SMARTS) is 1. The predicted molar refractivity (Wildman–Crippen MR) is 144 cm³/mol. The molecule has 0 radical (unpaired) electrons. The van der Waals surface area contributed by atoms with Crippen LogP contribution in [0.25, 0.3) is 21.3 Å². The number of aliphatic hydroxyl groups is 1. The molecule has 1 aliphatic heterocycles. The van der Waals surface area contributed by atoms with Crippen molar-refractivity contribution in [2.75, 3.05) is 11.4 Å². The minimum atomic E-state index is -4.56. The predicted octanol–water partition coefficient (Wildman–Crippen LogP) is 5.96. The lowest BCUT2D eigenvalue weighted by molar-refractivity contribution is -0.147. The average molecular weight is 582 g/mol. The van der Waals surface area contributed by atoms with E-state index in [0.29, 0.717) is 27.8 Å². The molecule has 0 saturated heterocycles. The Hall–Kier alpha value is -3.22. The molecule has 3 heterocycles. The van der Waals surface area contributed by atoms with Crippen molar-refractivity contribution in [1.82, 2.24) is 19.7 Å². The van der Waals surface area contributed by atoms with Gasteiger partial charge in [0.2, 0.25) is 5.82 Å². The number of nitrogens with zero attached hydrogens (tertiary/aromatic N) is 5. The number of thiazole rings is 1. The first-order chi connectivity index (χ1) is 18.1. The number of anilines is 1. The molecule has 39 heavy (non-hydrogen) atoms. The molecule has 0 saturated carbocycles. The molecular weight excluding hydrogens is 555 g/mol. The van der Waals surface area contributed by atoms with Gasteiger partial charge in [-0.1, -0.05) is 35.1 Å². The molecule has 13 heteroatoms. The van der Waals surface area contributed by atoms with Crippen LogP contribution in [-0.2, 0) is 30.5 Å². The summed E-state index contributed by atoms with van der Waals surface area (Å²) in [4.78, 5) is 18.2. The second-order valence-electron chi connectivity index (χ2n) is 10.2. The van der Waals surface area contributed by atoms with Gasteiger partial charge in [0.15, 0.2) is 11.0 Å². The molecule has 4 aromatic rings. The summed E-state index contributed by atoms with van der Waals surface area (Å²) in [5.41, 5.74) is 3.27. The summed E-state index contributed by atoms with van der Waals surface area (Å²) < 4.78 is 41.4. The van der Waals surface area contributed by atoms with Gasteiger partial charge in [-0.2, -0.15) is 13.2 Å². The Labute approximate surface area is 231 Å². The molecule has 2 aromatic heterocycles. The van der Waals surface area contributed by atoms with Crippen LogP contribution in [0.15, 0.2) is 30.3 Å². The average Bonchev–Trinajstić information content (AvgIpc) is 3.42. The SMILES string of the molecule is CC(C)(C)O.Cc1cc2nc(N3CCn4c(nnc4C(F)(F)F)C3)sc2c(-c2ccc(Cl)cc2)c1CC(=O)O. The fourth-order valence-electron chi connectivity index (χ4n) is 4.19. The third kappa shape index (κ3) is 6.68. The molecule has 2 N–H and O–H groups in total. The van der Waals surface area contributed by atoms with Crippen molar-refractivity contribution in [3.05, 3.63) is 58.1 Å². The van der Waals surface area contributed by atoms with Crippen LogP contribution in [0, 0.1) is 6.92 Å². The number of halogens is 4. The van der Waals surface area contributed by atoms with Crippen LogP contribution in [-0.4, -0.2) is 48.1 Å². The minimum absolute atomic E-state index is 0.0838. The second kappa shape index (κ2) is 10.7. The van der Waals surface area contributed by atoms with Gasteiger partial charge < -0.3 is 19.7 Å². The van der Waals surface area contributed by atoms with Crippen molar-refractivity contribution in [2.24, 2.45) is 0 Å². The number of rotatable bonds is 4. The quantitative estimate of drug-likeness (QED) is 0.306. The van der Waals surface area contributed by atoms with Gasteiger partial charge in [0.1, 0.15) is 0 Å². The van der Waals surface area contributed by atoms with E-state index in [1.54, 1.807) is 32.9 Å². The highest BCUT2D eigenvalue weighted by molar-refractivity contribution is 7.22. The lowest BCUT2D eigenvalue weighted by Gasteiger charge is -2.27. The Balaban J connectivity index is 0.000000648. The van der Waals surface area contributed by atoms with E-state index in [-0.39, 0.29) is 25.3 Å². The van der Waals surface area contributed by atoms with Gasteiger partial charge in [0, 0.05) is 23.7 Å². The third-order valence-electron chi connectivity index (χ3n) is 5.74. The van der Waals surface area contributed by atoms with Crippen molar-refractivity contribution in [2.45, 2.75) is 59.0 Å². The highest BCUT2D eigenvalue weighted by atomic mass is 35.5. The maximum Gasteiger partial charge on any atom is 0.451 e. The molecule has 5 rings (SSSR count). The number of hydrogen-bond acceptors (Lipinski definition) is 7. The zero-order valence-electron chi connectivity index (χ0n) is 21.7. The van der Waals surface area contributed by atoms with Crippen molar-refractivity contribution in [3.63, 3.8) is 0 Å². The first-order valence-electron chi connectivity index (χ1n) is 12.0. The van der Waals surface area contributed by atoms with E-state index in [0.717, 1.165) is 26.0 Å². The molecule has 208 valence electrons. The number of aliphatic carboxylic acids is 1. The van der Waals surface area contributed by atoms with E-state index in [9.17, 15) is 23.1 Å². The van der Waals surface area contributed by atoms with Crippen LogP contribution in [0.4, 0.5) is 18.3 Å². The van der Waals surface area contributed by atoms with E-state index in [1.165, 1.54) is 11.3 Å². The largest absolute Gasteiger partial charge is 0.481 e. The number of aromatic nitrogens is 4. The molecule has 0 aliphatic carbocycles. The topological polar surface area (TPSA) is 104 Å². The number of fused-ring (bicyclic) bond motifs is 2. The number of carboxylic acids is 1. The first-order valence-corrected chi connectivity index (χ1v) is 13.2. The van der Waals surface area contributed by atoms with E-state index < -0.39 is 23.6 Å². The maximum absolute atomic E-state index is 13.2. The molecule has 0 amide bonds. The summed E-state index contributed by atoms with van der Waals surface area (Å²) in [6, 6.07) is 9.01. The number of alkyl halides is 3. The molecule has 0 spiro atoms. The lowest BCUT2D eigenvalue weighted by Crippen LogP contribution is -2.35. The second-order valence-corrected chi connectivity index (χ2v) is 11.6. The van der Waals surface area contributed by atoms with E-state index in [4.69, 9.17) is 21.7 Å². The van der Waals surface area contributed by atoms with Gasteiger partial charge >= 0.3 is 12.1 Å². The normalized spacial score (nSPS) is 13.7. The van der Waals surface area contributed by atoms with Crippen molar-refractivity contribution in [3.8, 4) is 11.1 Å². The van der Waals surface area contributed by atoms with Crippen LogP contribution >= 0.6 is 22.9 Å². The summed E-state index contributed by atoms with van der Waals surface area (Å²) in [5.74, 6) is -1.72. The van der Waals surface area contributed by atoms with Crippen LogP contribution in [0.2, 0.25) is 5.02 Å². The number of aryl methyl sites for hydroxylation is 1. The third-order valence-corrected chi connectivity index (χ3v) is 7.14. The van der Waals surface area contributed by atoms with Gasteiger partial charge in [-0.05, 0) is 62.6 Å². The summed E-state index contributed by atoms with van der Waals surface area (Å²) in [6.45, 7) is 7.61. The Morgan fingerprint density at radius 2 is 1.77 bits per heavy atom. The molecular formula is C26H27ClF3N5O3S. The lowest BCUT2D eigenvalue weighted by atomic mass is 9.93. The maximum atomic E-state index is 13.2. The fraction of sp³-hybridized carbons (Fsp3) is 0.385. The van der Waals surface area contributed by atoms with Crippen molar-refractivity contribution < 1.29 is 28.2 Å². The number of benzene rings is 2. The van der Waals surface area contributed by atoms with Crippen LogP contribution in [0.1, 0.15) is 43.5 Å². The van der Waals surface area contributed by atoms with Crippen molar-refractivity contribution in [1.29, 1.82) is 0 Å². The van der Waals surface area contributed by atoms with Crippen LogP contribution in [0.5, 0.6) is 0 Å². The summed E-state index contributed by atoms with van der Waals surface area (Å²) >= 11 is 7.43. The Kier molecular flexibility index (Phi) is 7.93. The number of carbonyl (C=O) groups is 1. The molecule has 0 bridgehead atoms. The Morgan fingerprint density at radius 1 is 1.13 bits per heavy atom. The van der Waals surface area contributed by atoms with Gasteiger partial charge in [-0.25, -0.2) is 4.98 Å². The standard InChI is InChI=1S/C22H17ClF3N5O2S.C4H10O/c1-11-8-15-19(18(14(11)9-17(32)33)12-2-4-13(23)5-3-12)34-21(27-15)30-6-7-31-16(10-30)28-29-20(31)22(24,25)26;1-4(2,3)5/h2-5,8H,6-7,9-10H2,1H3,(H,32,33);5H,1-3H3. The Morgan fingerprint density at radius 3 is 2.36 bits per heavy atom. The summed E-state index contributed by atoms with van der Waals surface area (Å²) in [6.07, 6.45) is -4.71. The van der Waals surface area contributed by atoms with Gasteiger partial charge in [0.05, 0.1) is 28.8 Å². The minimum Gasteiger partial charge on any atom is -0.481 e. The molecule has 1 aliphatic rings. The molecule has 0 atom stereocenters. The molecule has 8 nitrogen and oxygen atoms in total. The van der Waals surface area contributed by atoms with E-state index in [2.05, 4.69) is 10.2 Å². The molecule has 2 aromatic carbocycles.